The van der Waals surface area contributed by atoms with Crippen LogP contribution in [0.2, 0.25) is 0 Å². The standard InChI is InChI=1S/C22H15Br2N3O6/c23-16-7-5-14(6-8-16)22(29)33-19-10-9-17(24)11-15(19)12-25-26-21(28)13-32-20-4-2-1-3-18(20)27(30)31/h1-12H,13H2,(H,26,28)/b25-12+. The maximum Gasteiger partial charge on any atom is 0.343 e. The van der Waals surface area contributed by atoms with Gasteiger partial charge in [0.1, 0.15) is 5.75 Å². The number of carbonyl (C=O) groups is 2. The Balaban J connectivity index is 1.63. The van der Waals surface area contributed by atoms with E-state index in [1.54, 1.807) is 48.5 Å². The molecule has 9 nitrogen and oxygen atoms in total. The molecule has 1 N–H and O–H groups in total. The Morgan fingerprint density at radius 1 is 1.00 bits per heavy atom. The van der Waals surface area contributed by atoms with E-state index in [2.05, 4.69) is 42.4 Å². The predicted octanol–water partition coefficient (Wildman–Crippen LogP) is 4.87. The molecular weight excluding hydrogens is 562 g/mol. The van der Waals surface area contributed by atoms with Crippen LogP contribution in [0.15, 0.2) is 80.8 Å². The molecule has 0 bridgehead atoms. The number of nitrogens with zero attached hydrogens (tertiary/aromatic N) is 2. The van der Waals surface area contributed by atoms with E-state index in [4.69, 9.17) is 9.47 Å². The van der Waals surface area contributed by atoms with Crippen molar-refractivity contribution in [2.24, 2.45) is 5.10 Å². The van der Waals surface area contributed by atoms with Crippen molar-refractivity contribution in [2.45, 2.75) is 0 Å². The van der Waals surface area contributed by atoms with Gasteiger partial charge in [0.2, 0.25) is 0 Å². The number of benzene rings is 3. The number of carbonyl (C=O) groups excluding carboxylic acids is 2. The lowest BCUT2D eigenvalue weighted by molar-refractivity contribution is -0.385. The second-order valence-corrected chi connectivity index (χ2v) is 8.22. The van der Waals surface area contributed by atoms with Gasteiger partial charge in [-0.1, -0.05) is 44.0 Å². The van der Waals surface area contributed by atoms with Gasteiger partial charge in [0.05, 0.1) is 16.7 Å². The summed E-state index contributed by atoms with van der Waals surface area (Å²) in [5.74, 6) is -0.981. The minimum absolute atomic E-state index is 0.0317. The van der Waals surface area contributed by atoms with Gasteiger partial charge in [0.15, 0.2) is 12.4 Å². The number of nitrogens with one attached hydrogen (secondary N) is 1. The van der Waals surface area contributed by atoms with Gasteiger partial charge in [0.25, 0.3) is 5.91 Å². The molecule has 3 rings (SSSR count). The number of hydrogen-bond donors (Lipinski definition) is 1. The van der Waals surface area contributed by atoms with Crippen LogP contribution in [0.1, 0.15) is 15.9 Å². The zero-order valence-electron chi connectivity index (χ0n) is 16.7. The first-order chi connectivity index (χ1) is 15.8. The van der Waals surface area contributed by atoms with E-state index in [1.807, 2.05) is 0 Å². The molecule has 0 saturated carbocycles. The highest BCUT2D eigenvalue weighted by Crippen LogP contribution is 2.26. The van der Waals surface area contributed by atoms with Crippen molar-refractivity contribution >= 4 is 55.6 Å². The molecule has 0 aromatic heterocycles. The van der Waals surface area contributed by atoms with Crippen molar-refractivity contribution in [3.8, 4) is 11.5 Å². The lowest BCUT2D eigenvalue weighted by Gasteiger charge is -2.08. The molecule has 0 aliphatic carbocycles. The largest absolute Gasteiger partial charge is 0.477 e. The summed E-state index contributed by atoms with van der Waals surface area (Å²) < 4.78 is 12.2. The van der Waals surface area contributed by atoms with Gasteiger partial charge in [-0.25, -0.2) is 10.2 Å². The Morgan fingerprint density at radius 2 is 1.70 bits per heavy atom. The van der Waals surface area contributed by atoms with Gasteiger partial charge in [-0.05, 0) is 48.5 Å². The number of nitro benzene ring substituents is 1. The Morgan fingerprint density at radius 3 is 2.42 bits per heavy atom. The van der Waals surface area contributed by atoms with Gasteiger partial charge in [-0.15, -0.1) is 0 Å². The summed E-state index contributed by atoms with van der Waals surface area (Å²) in [5.41, 5.74) is 2.80. The average molecular weight is 577 g/mol. The SMILES string of the molecule is O=C(COc1ccccc1[N+](=O)[O-])N/N=C/c1cc(Br)ccc1OC(=O)c1ccc(Br)cc1. The normalized spacial score (nSPS) is 10.6. The van der Waals surface area contributed by atoms with Gasteiger partial charge in [0, 0.05) is 20.6 Å². The van der Waals surface area contributed by atoms with E-state index in [9.17, 15) is 19.7 Å². The highest BCUT2D eigenvalue weighted by molar-refractivity contribution is 9.10. The van der Waals surface area contributed by atoms with Crippen molar-refractivity contribution in [3.05, 3.63) is 96.9 Å². The van der Waals surface area contributed by atoms with Crippen LogP contribution in [0.3, 0.4) is 0 Å². The fraction of sp³-hybridized carbons (Fsp3) is 0.0455. The fourth-order valence-corrected chi connectivity index (χ4v) is 3.18. The summed E-state index contributed by atoms with van der Waals surface area (Å²) in [7, 11) is 0. The number of halogens is 2. The number of hydrogen-bond acceptors (Lipinski definition) is 7. The van der Waals surface area contributed by atoms with Crippen LogP contribution in [0.5, 0.6) is 11.5 Å². The van der Waals surface area contributed by atoms with E-state index >= 15 is 0 Å². The molecule has 0 aliphatic heterocycles. The highest BCUT2D eigenvalue weighted by Gasteiger charge is 2.15. The number of ether oxygens (including phenoxy) is 2. The van der Waals surface area contributed by atoms with E-state index < -0.39 is 23.4 Å². The average Bonchev–Trinajstić information content (AvgIpc) is 2.80. The molecule has 11 heteroatoms. The highest BCUT2D eigenvalue weighted by atomic mass is 79.9. The Bertz CT molecular complexity index is 1220. The number of amides is 1. The van der Waals surface area contributed by atoms with Crippen molar-refractivity contribution in [2.75, 3.05) is 6.61 Å². The van der Waals surface area contributed by atoms with Crippen LogP contribution >= 0.6 is 31.9 Å². The van der Waals surface area contributed by atoms with Crippen LogP contribution in [0.25, 0.3) is 0 Å². The second kappa shape index (κ2) is 11.3. The molecule has 0 saturated heterocycles. The quantitative estimate of drug-likeness (QED) is 0.134. The van der Waals surface area contributed by atoms with Crippen molar-refractivity contribution < 1.29 is 24.0 Å². The predicted molar refractivity (Wildman–Crippen MR) is 128 cm³/mol. The first-order valence-corrected chi connectivity index (χ1v) is 10.9. The summed E-state index contributed by atoms with van der Waals surface area (Å²) >= 11 is 6.64. The topological polar surface area (TPSA) is 120 Å². The third kappa shape index (κ3) is 6.96. The fourth-order valence-electron chi connectivity index (χ4n) is 2.54. The van der Waals surface area contributed by atoms with Crippen LogP contribution in [-0.2, 0) is 4.79 Å². The molecule has 3 aromatic rings. The molecule has 33 heavy (non-hydrogen) atoms. The van der Waals surface area contributed by atoms with Gasteiger partial charge in [-0.3, -0.25) is 14.9 Å². The van der Waals surface area contributed by atoms with Gasteiger partial charge >= 0.3 is 11.7 Å². The summed E-state index contributed by atoms with van der Waals surface area (Å²) in [4.78, 5) is 34.8. The van der Waals surface area contributed by atoms with E-state index in [0.717, 1.165) is 4.47 Å². The zero-order chi connectivity index (χ0) is 23.8. The van der Waals surface area contributed by atoms with E-state index in [-0.39, 0.29) is 17.2 Å². The number of para-hydroxylation sites is 2. The summed E-state index contributed by atoms with van der Waals surface area (Å²) in [6, 6.07) is 17.3. The van der Waals surface area contributed by atoms with Gasteiger partial charge in [-0.2, -0.15) is 5.10 Å². The number of nitro groups is 1. The van der Waals surface area contributed by atoms with E-state index in [0.29, 0.717) is 15.6 Å². The lowest BCUT2D eigenvalue weighted by atomic mass is 10.2. The third-order valence-electron chi connectivity index (χ3n) is 4.07. The third-order valence-corrected chi connectivity index (χ3v) is 5.09. The van der Waals surface area contributed by atoms with Gasteiger partial charge < -0.3 is 9.47 Å². The molecule has 0 atom stereocenters. The van der Waals surface area contributed by atoms with E-state index in [1.165, 1.54) is 24.4 Å². The van der Waals surface area contributed by atoms with Crippen molar-refractivity contribution in [1.29, 1.82) is 0 Å². The molecule has 0 heterocycles. The molecular formula is C22H15Br2N3O6. The smallest absolute Gasteiger partial charge is 0.343 e. The number of rotatable bonds is 8. The Labute approximate surface area is 204 Å². The van der Waals surface area contributed by atoms with Crippen LogP contribution in [-0.4, -0.2) is 29.6 Å². The lowest BCUT2D eigenvalue weighted by Crippen LogP contribution is -2.24. The van der Waals surface area contributed by atoms with Crippen molar-refractivity contribution in [3.63, 3.8) is 0 Å². The maximum absolute atomic E-state index is 12.4. The molecule has 0 fully saturated rings. The van der Waals surface area contributed by atoms with Crippen molar-refractivity contribution in [1.82, 2.24) is 5.43 Å². The van der Waals surface area contributed by atoms with Crippen LogP contribution < -0.4 is 14.9 Å². The zero-order valence-corrected chi connectivity index (χ0v) is 19.9. The minimum atomic E-state index is -0.632. The molecule has 0 spiro atoms. The molecule has 0 unspecified atom stereocenters. The number of hydrazone groups is 1. The maximum atomic E-state index is 12.4. The Kier molecular flexibility index (Phi) is 8.28. The second-order valence-electron chi connectivity index (χ2n) is 6.39. The molecule has 1 amide bonds. The van der Waals surface area contributed by atoms with Crippen LogP contribution in [0.4, 0.5) is 5.69 Å². The molecule has 168 valence electrons. The Hall–Kier alpha value is -3.57. The monoisotopic (exact) mass is 575 g/mol. The molecule has 0 radical (unpaired) electrons. The first kappa shape index (κ1) is 24.1. The summed E-state index contributed by atoms with van der Waals surface area (Å²) in [6.07, 6.45) is 1.30. The summed E-state index contributed by atoms with van der Waals surface area (Å²) in [5, 5.41) is 14.8. The first-order valence-electron chi connectivity index (χ1n) is 9.29. The molecule has 0 aliphatic rings. The minimum Gasteiger partial charge on any atom is -0.477 e. The summed E-state index contributed by atoms with van der Waals surface area (Å²) in [6.45, 7) is -0.480. The van der Waals surface area contributed by atoms with Crippen LogP contribution in [0, 0.1) is 10.1 Å². The molecule has 3 aromatic carbocycles. The number of esters is 1.